The standard InChI is InChI=1S/C12H19N3O/c1-2-4-9(13)12(16)14-10-6-8-15-7-3-5-11(10)15/h1,9-11H,3-8,13H2,(H,14,16). The van der Waals surface area contributed by atoms with Gasteiger partial charge in [-0.15, -0.1) is 12.3 Å². The van der Waals surface area contributed by atoms with Gasteiger partial charge < -0.3 is 11.1 Å². The number of nitrogens with zero attached hydrogens (tertiary/aromatic N) is 1. The third-order valence-corrected chi connectivity index (χ3v) is 3.61. The molecule has 1 amide bonds. The van der Waals surface area contributed by atoms with Crippen molar-refractivity contribution in [2.24, 2.45) is 5.73 Å². The Bertz CT molecular complexity index is 310. The summed E-state index contributed by atoms with van der Waals surface area (Å²) in [6.07, 6.45) is 8.93. The van der Waals surface area contributed by atoms with Crippen LogP contribution in [-0.4, -0.2) is 42.0 Å². The smallest absolute Gasteiger partial charge is 0.238 e. The van der Waals surface area contributed by atoms with Crippen molar-refractivity contribution in [3.63, 3.8) is 0 Å². The van der Waals surface area contributed by atoms with Gasteiger partial charge in [0.15, 0.2) is 0 Å². The van der Waals surface area contributed by atoms with Gasteiger partial charge >= 0.3 is 0 Å². The molecule has 2 heterocycles. The Morgan fingerprint density at radius 2 is 2.38 bits per heavy atom. The van der Waals surface area contributed by atoms with Crippen LogP contribution in [0.2, 0.25) is 0 Å². The molecule has 2 aliphatic heterocycles. The number of carbonyl (C=O) groups excluding carboxylic acids is 1. The van der Waals surface area contributed by atoms with Crippen LogP contribution in [0.4, 0.5) is 0 Å². The zero-order valence-corrected chi connectivity index (χ0v) is 9.48. The van der Waals surface area contributed by atoms with E-state index < -0.39 is 6.04 Å². The summed E-state index contributed by atoms with van der Waals surface area (Å²) >= 11 is 0. The molecular weight excluding hydrogens is 202 g/mol. The van der Waals surface area contributed by atoms with E-state index in [0.29, 0.717) is 12.5 Å². The van der Waals surface area contributed by atoms with Gasteiger partial charge in [-0.2, -0.15) is 0 Å². The van der Waals surface area contributed by atoms with E-state index in [1.165, 1.54) is 19.4 Å². The first kappa shape index (κ1) is 11.4. The van der Waals surface area contributed by atoms with Gasteiger partial charge in [-0.3, -0.25) is 9.69 Å². The summed E-state index contributed by atoms with van der Waals surface area (Å²) in [5, 5.41) is 3.03. The first-order chi connectivity index (χ1) is 7.72. The molecule has 3 unspecified atom stereocenters. The number of terminal acetylenes is 1. The summed E-state index contributed by atoms with van der Waals surface area (Å²) in [6.45, 7) is 2.27. The first-order valence-corrected chi connectivity index (χ1v) is 5.96. The van der Waals surface area contributed by atoms with Gasteiger partial charge in [0.05, 0.1) is 6.04 Å². The van der Waals surface area contributed by atoms with Gasteiger partial charge in [-0.05, 0) is 25.8 Å². The first-order valence-electron chi connectivity index (χ1n) is 5.96. The normalized spacial score (nSPS) is 30.8. The van der Waals surface area contributed by atoms with Crippen LogP contribution in [0.15, 0.2) is 0 Å². The zero-order valence-electron chi connectivity index (χ0n) is 9.48. The van der Waals surface area contributed by atoms with Crippen LogP contribution in [-0.2, 0) is 4.79 Å². The Labute approximate surface area is 96.6 Å². The highest BCUT2D eigenvalue weighted by atomic mass is 16.2. The number of rotatable bonds is 3. The molecule has 0 aliphatic carbocycles. The number of fused-ring (bicyclic) bond motifs is 1. The number of nitrogens with two attached hydrogens (primary N) is 1. The Morgan fingerprint density at radius 1 is 1.56 bits per heavy atom. The van der Waals surface area contributed by atoms with Crippen molar-refractivity contribution in [1.29, 1.82) is 0 Å². The second-order valence-corrected chi connectivity index (χ2v) is 4.66. The number of carbonyl (C=O) groups is 1. The maximum absolute atomic E-state index is 11.7. The summed E-state index contributed by atoms with van der Waals surface area (Å²) in [4.78, 5) is 14.2. The molecular formula is C12H19N3O. The third kappa shape index (κ3) is 2.21. The topological polar surface area (TPSA) is 58.4 Å². The van der Waals surface area contributed by atoms with E-state index in [4.69, 9.17) is 12.2 Å². The van der Waals surface area contributed by atoms with Crippen molar-refractivity contribution in [2.45, 2.75) is 43.8 Å². The highest BCUT2D eigenvalue weighted by Crippen LogP contribution is 2.27. The minimum atomic E-state index is -0.555. The summed E-state index contributed by atoms with van der Waals surface area (Å²) in [5.74, 6) is 2.32. The number of hydrogen-bond donors (Lipinski definition) is 2. The molecule has 3 N–H and O–H groups in total. The van der Waals surface area contributed by atoms with Gasteiger partial charge in [-0.25, -0.2) is 0 Å². The molecule has 16 heavy (non-hydrogen) atoms. The molecule has 0 spiro atoms. The SMILES string of the molecule is C#CCC(N)C(=O)NC1CCN2CCCC12. The van der Waals surface area contributed by atoms with Crippen LogP contribution in [0.1, 0.15) is 25.7 Å². The van der Waals surface area contributed by atoms with Crippen molar-refractivity contribution in [1.82, 2.24) is 10.2 Å². The second kappa shape index (κ2) is 4.86. The second-order valence-electron chi connectivity index (χ2n) is 4.66. The molecule has 2 saturated heterocycles. The van der Waals surface area contributed by atoms with Gasteiger partial charge in [0.1, 0.15) is 0 Å². The van der Waals surface area contributed by atoms with Crippen LogP contribution in [0.25, 0.3) is 0 Å². The number of amides is 1. The van der Waals surface area contributed by atoms with Crippen LogP contribution >= 0.6 is 0 Å². The maximum Gasteiger partial charge on any atom is 0.238 e. The Hall–Kier alpha value is -1.05. The van der Waals surface area contributed by atoms with Gasteiger partial charge in [0, 0.05) is 25.0 Å². The van der Waals surface area contributed by atoms with Gasteiger partial charge in [-0.1, -0.05) is 0 Å². The molecule has 2 aliphatic rings. The Kier molecular flexibility index (Phi) is 3.47. The highest BCUT2D eigenvalue weighted by molar-refractivity contribution is 5.82. The van der Waals surface area contributed by atoms with Crippen LogP contribution in [0.3, 0.4) is 0 Å². The molecule has 4 nitrogen and oxygen atoms in total. The summed E-state index contributed by atoms with van der Waals surface area (Å²) in [7, 11) is 0. The quantitative estimate of drug-likeness (QED) is 0.643. The molecule has 2 fully saturated rings. The molecule has 0 radical (unpaired) electrons. The fourth-order valence-electron chi connectivity index (χ4n) is 2.76. The fraction of sp³-hybridized carbons (Fsp3) is 0.750. The molecule has 0 aromatic heterocycles. The molecule has 4 heteroatoms. The van der Waals surface area contributed by atoms with E-state index in [2.05, 4.69) is 16.1 Å². The van der Waals surface area contributed by atoms with Crippen molar-refractivity contribution in [2.75, 3.05) is 13.1 Å². The van der Waals surface area contributed by atoms with E-state index in [0.717, 1.165) is 13.0 Å². The monoisotopic (exact) mass is 221 g/mol. The molecule has 0 aromatic carbocycles. The van der Waals surface area contributed by atoms with E-state index in [1.54, 1.807) is 0 Å². The van der Waals surface area contributed by atoms with E-state index in [9.17, 15) is 4.79 Å². The lowest BCUT2D eigenvalue weighted by atomic mass is 10.1. The van der Waals surface area contributed by atoms with Crippen LogP contribution in [0, 0.1) is 12.3 Å². The average molecular weight is 221 g/mol. The highest BCUT2D eigenvalue weighted by Gasteiger charge is 2.38. The molecule has 3 atom stereocenters. The molecule has 88 valence electrons. The predicted molar refractivity (Wildman–Crippen MR) is 62.6 cm³/mol. The van der Waals surface area contributed by atoms with E-state index in [1.807, 2.05) is 0 Å². The molecule has 2 rings (SSSR count). The van der Waals surface area contributed by atoms with E-state index >= 15 is 0 Å². The number of nitrogens with one attached hydrogen (secondary N) is 1. The lowest BCUT2D eigenvalue weighted by Crippen LogP contribution is -2.48. The lowest BCUT2D eigenvalue weighted by Gasteiger charge is -2.22. The van der Waals surface area contributed by atoms with Crippen molar-refractivity contribution < 1.29 is 4.79 Å². The minimum Gasteiger partial charge on any atom is -0.350 e. The maximum atomic E-state index is 11.7. The van der Waals surface area contributed by atoms with Crippen LogP contribution < -0.4 is 11.1 Å². The molecule has 0 aromatic rings. The zero-order chi connectivity index (χ0) is 11.5. The Balaban J connectivity index is 1.86. The summed E-state index contributed by atoms with van der Waals surface area (Å²) < 4.78 is 0. The van der Waals surface area contributed by atoms with Gasteiger partial charge in [0.2, 0.25) is 5.91 Å². The van der Waals surface area contributed by atoms with Crippen molar-refractivity contribution in [3.05, 3.63) is 0 Å². The largest absolute Gasteiger partial charge is 0.350 e. The van der Waals surface area contributed by atoms with Gasteiger partial charge in [0.25, 0.3) is 0 Å². The Morgan fingerprint density at radius 3 is 3.12 bits per heavy atom. The molecule has 0 saturated carbocycles. The average Bonchev–Trinajstić information content (AvgIpc) is 2.83. The number of hydrogen-bond acceptors (Lipinski definition) is 3. The molecule has 0 bridgehead atoms. The fourth-order valence-corrected chi connectivity index (χ4v) is 2.76. The van der Waals surface area contributed by atoms with Crippen molar-refractivity contribution in [3.8, 4) is 12.3 Å². The van der Waals surface area contributed by atoms with Crippen LogP contribution in [0.5, 0.6) is 0 Å². The van der Waals surface area contributed by atoms with E-state index in [-0.39, 0.29) is 11.9 Å². The van der Waals surface area contributed by atoms with Crippen molar-refractivity contribution >= 4 is 5.91 Å². The minimum absolute atomic E-state index is 0.100. The summed E-state index contributed by atoms with van der Waals surface area (Å²) in [5.41, 5.74) is 5.67. The lowest BCUT2D eigenvalue weighted by molar-refractivity contribution is -0.123. The third-order valence-electron chi connectivity index (χ3n) is 3.61. The predicted octanol–water partition coefficient (Wildman–Crippen LogP) is -0.310. The summed E-state index contributed by atoms with van der Waals surface area (Å²) in [6, 6.07) is 0.251.